The van der Waals surface area contributed by atoms with E-state index in [9.17, 15) is 24.3 Å². The monoisotopic (exact) mass is 458 g/mol. The average molecular weight is 459 g/mol. The first kappa shape index (κ1) is 25.1. The summed E-state index contributed by atoms with van der Waals surface area (Å²) in [5.41, 5.74) is 2.19. The molecule has 3 atom stereocenters. The number of likely N-dealkylation sites (tertiary alicyclic amines) is 1. The first-order chi connectivity index (χ1) is 16.0. The molecule has 0 spiro atoms. The van der Waals surface area contributed by atoms with Crippen LogP contribution in [0.15, 0.2) is 53.8 Å². The Hall–Kier alpha value is -2.52. The van der Waals surface area contributed by atoms with Crippen LogP contribution in [-0.2, 0) is 16.1 Å². The zero-order valence-corrected chi connectivity index (χ0v) is 18.6. The summed E-state index contributed by atoms with van der Waals surface area (Å²) in [4.78, 5) is 24.6. The Kier molecular flexibility index (Phi) is 9.62. The van der Waals surface area contributed by atoms with Crippen molar-refractivity contribution in [3.8, 4) is 0 Å². The lowest BCUT2D eigenvalue weighted by molar-refractivity contribution is -0.137. The van der Waals surface area contributed by atoms with Gasteiger partial charge in [-0.05, 0) is 49.4 Å². The van der Waals surface area contributed by atoms with Crippen molar-refractivity contribution in [1.29, 1.82) is 0 Å². The van der Waals surface area contributed by atoms with Crippen LogP contribution in [0.3, 0.4) is 0 Å². The molecule has 1 fully saturated rings. The van der Waals surface area contributed by atoms with Gasteiger partial charge in [-0.3, -0.25) is 9.69 Å². The number of aliphatic hydroxyl groups excluding tert-OH is 2. The highest BCUT2D eigenvalue weighted by Gasteiger charge is 2.42. The van der Waals surface area contributed by atoms with E-state index in [0.717, 1.165) is 36.8 Å². The number of β-amino-alcohol motifs (C(OH)–C–C–N with tert-alkyl or cyclic N) is 1. The summed E-state index contributed by atoms with van der Waals surface area (Å²) in [5.74, 6) is -0.900. The van der Waals surface area contributed by atoms with Crippen molar-refractivity contribution in [3.63, 3.8) is 0 Å². The number of piperidine rings is 1. The maximum Gasteiger partial charge on any atom is 0.192 e. The van der Waals surface area contributed by atoms with Crippen molar-refractivity contribution in [2.75, 3.05) is 26.3 Å². The molecule has 33 heavy (non-hydrogen) atoms. The minimum absolute atomic E-state index is 0.0944. The van der Waals surface area contributed by atoms with Gasteiger partial charge >= 0.3 is 0 Å². The van der Waals surface area contributed by atoms with Gasteiger partial charge in [0.25, 0.3) is 0 Å². The topological polar surface area (TPSA) is 99.4 Å². The summed E-state index contributed by atoms with van der Waals surface area (Å²) in [5, 5.41) is 22.2. The largest absolute Gasteiger partial charge is 0.395 e. The molecule has 1 aromatic rings. The number of carbonyl (C=O) groups is 1. The van der Waals surface area contributed by atoms with Crippen molar-refractivity contribution >= 4 is 11.4 Å². The fraction of sp³-hybridized carbons (Fsp3) is 0.480. The smallest absolute Gasteiger partial charge is 0.192 e. The molecule has 0 radical (unpaired) electrons. The molecule has 0 amide bonds. The van der Waals surface area contributed by atoms with E-state index in [4.69, 9.17) is 4.74 Å². The Morgan fingerprint density at radius 1 is 1.21 bits per heavy atom. The van der Waals surface area contributed by atoms with E-state index in [0.29, 0.717) is 25.3 Å². The third-order valence-corrected chi connectivity index (χ3v) is 5.99. The molecule has 1 aromatic carbocycles. The fourth-order valence-corrected chi connectivity index (χ4v) is 4.16. The molecule has 178 valence electrons. The predicted octanol–water partition coefficient (Wildman–Crippen LogP) is 3.15. The third kappa shape index (κ3) is 6.74. The summed E-state index contributed by atoms with van der Waals surface area (Å²) in [6.07, 6.45) is 11.7. The van der Waals surface area contributed by atoms with Gasteiger partial charge in [-0.1, -0.05) is 47.7 Å². The predicted molar refractivity (Wildman–Crippen MR) is 124 cm³/mol. The first-order valence-corrected chi connectivity index (χ1v) is 11.3. The number of hydrogen-bond acceptors (Lipinski definition) is 7. The summed E-state index contributed by atoms with van der Waals surface area (Å²) in [7, 11) is 0. The first-order valence-electron chi connectivity index (χ1n) is 11.3. The van der Waals surface area contributed by atoms with Crippen LogP contribution in [0.25, 0.3) is 5.57 Å². The molecule has 0 aromatic heterocycles. The molecule has 1 aliphatic carbocycles. The van der Waals surface area contributed by atoms with Crippen molar-refractivity contribution in [1.82, 2.24) is 4.90 Å². The highest BCUT2D eigenvalue weighted by Crippen LogP contribution is 2.23. The Morgan fingerprint density at radius 3 is 2.82 bits per heavy atom. The lowest BCUT2D eigenvalue weighted by Gasteiger charge is -2.38. The number of ether oxygens (including phenoxy) is 1. The molecule has 8 heteroatoms. The van der Waals surface area contributed by atoms with E-state index < -0.39 is 24.0 Å². The average Bonchev–Trinajstić information content (AvgIpc) is 3.09. The summed E-state index contributed by atoms with van der Waals surface area (Å²) < 4.78 is 20.2. The van der Waals surface area contributed by atoms with Crippen LogP contribution in [0.5, 0.6) is 0 Å². The second-order valence-electron chi connectivity index (χ2n) is 8.33. The van der Waals surface area contributed by atoms with Crippen LogP contribution in [0.1, 0.15) is 36.8 Å². The maximum absolute atomic E-state index is 14.5. The van der Waals surface area contributed by atoms with Gasteiger partial charge in [0.2, 0.25) is 0 Å². The van der Waals surface area contributed by atoms with E-state index in [1.54, 1.807) is 11.0 Å². The summed E-state index contributed by atoms with van der Waals surface area (Å²) in [6.45, 7) is 1.11. The van der Waals surface area contributed by atoms with Gasteiger partial charge in [-0.25, -0.2) is 4.39 Å². The van der Waals surface area contributed by atoms with Crippen molar-refractivity contribution in [2.45, 2.75) is 50.5 Å². The highest BCUT2D eigenvalue weighted by molar-refractivity contribution is 5.90. The van der Waals surface area contributed by atoms with Gasteiger partial charge in [-0.15, -0.1) is 4.91 Å². The fourth-order valence-electron chi connectivity index (χ4n) is 4.16. The van der Waals surface area contributed by atoms with Crippen LogP contribution < -0.4 is 0 Å². The van der Waals surface area contributed by atoms with E-state index in [1.165, 1.54) is 6.07 Å². The van der Waals surface area contributed by atoms with Crippen molar-refractivity contribution in [3.05, 3.63) is 70.4 Å². The van der Waals surface area contributed by atoms with Gasteiger partial charge in [0.1, 0.15) is 11.9 Å². The lowest BCUT2D eigenvalue weighted by atomic mass is 9.93. The Balaban J connectivity index is 1.37. The molecule has 1 heterocycles. The number of nitroso groups, excluding NO2 is 1. The minimum Gasteiger partial charge on any atom is -0.395 e. The molecule has 3 rings (SSSR count). The molecule has 0 saturated carbocycles. The number of nitrogens with zero attached hydrogens (tertiary/aromatic N) is 2. The number of ketones is 1. The number of rotatable bonds is 11. The molecule has 7 nitrogen and oxygen atoms in total. The normalized spacial score (nSPS) is 23.4. The molecule has 1 aliphatic heterocycles. The Morgan fingerprint density at radius 2 is 2.06 bits per heavy atom. The molecule has 0 bridgehead atoms. The van der Waals surface area contributed by atoms with Crippen molar-refractivity contribution < 1.29 is 24.1 Å². The number of unbranched alkanes of at least 4 members (excludes halogenated alkanes) is 2. The number of allylic oxidation sites excluding steroid dienone is 6. The van der Waals surface area contributed by atoms with E-state index in [2.05, 4.69) is 5.18 Å². The second-order valence-corrected chi connectivity index (χ2v) is 8.33. The Bertz CT molecular complexity index is 914. The SMILES string of the molecule is O=NC1C(=O)[C@@H](O)CN(CCCCCOCc2ccc(C3=CC=CCC=C3)c(F)c2)[C@H]1CO. The van der Waals surface area contributed by atoms with E-state index in [-0.39, 0.29) is 19.0 Å². The number of halogens is 1. The van der Waals surface area contributed by atoms with Crippen molar-refractivity contribution in [2.24, 2.45) is 5.18 Å². The molecule has 2 N–H and O–H groups in total. The van der Waals surface area contributed by atoms with Crippen LogP contribution in [0.4, 0.5) is 4.39 Å². The van der Waals surface area contributed by atoms with Gasteiger partial charge < -0.3 is 14.9 Å². The highest BCUT2D eigenvalue weighted by atomic mass is 19.1. The molecular weight excluding hydrogens is 427 g/mol. The second kappa shape index (κ2) is 12.6. The van der Waals surface area contributed by atoms with Crippen LogP contribution in [-0.4, -0.2) is 65.4 Å². The maximum atomic E-state index is 14.5. The molecule has 1 unspecified atom stereocenters. The van der Waals surface area contributed by atoms with Gasteiger partial charge in [0, 0.05) is 18.7 Å². The molecule has 2 aliphatic rings. The number of Topliss-reactive ketones (excluding diaryl/α,β-unsaturated/α-hetero) is 1. The van der Waals surface area contributed by atoms with E-state index >= 15 is 0 Å². The minimum atomic E-state index is -1.25. The number of benzene rings is 1. The molecular formula is C25H31FN2O5. The number of aliphatic hydroxyl groups is 2. The van der Waals surface area contributed by atoms with Crippen LogP contribution in [0, 0.1) is 10.7 Å². The van der Waals surface area contributed by atoms with E-state index in [1.807, 2.05) is 36.4 Å². The lowest BCUT2D eigenvalue weighted by Crippen LogP contribution is -2.59. The third-order valence-electron chi connectivity index (χ3n) is 5.99. The number of hydrogen-bond donors (Lipinski definition) is 2. The standard InChI is InChI=1S/C25H31FN2O5/c26-21-14-18(10-11-20(21)19-8-4-1-2-5-9-19)17-33-13-7-3-6-12-28-15-23(30)25(31)24(27-32)22(28)16-29/h1,4-5,8-11,14,22-24,29-30H,2-3,6-7,12-13,15-17H2/t22-,23-,24?/m0/s1. The van der Waals surface area contributed by atoms with Crippen LogP contribution >= 0.6 is 0 Å². The summed E-state index contributed by atoms with van der Waals surface area (Å²) >= 11 is 0. The quantitative estimate of drug-likeness (QED) is 0.390. The van der Waals surface area contributed by atoms with Gasteiger partial charge in [0.05, 0.1) is 19.3 Å². The zero-order chi connectivity index (χ0) is 23.6. The molecule has 1 saturated heterocycles. The van der Waals surface area contributed by atoms with Gasteiger partial charge in [-0.2, -0.15) is 0 Å². The zero-order valence-electron chi connectivity index (χ0n) is 18.6. The van der Waals surface area contributed by atoms with Gasteiger partial charge in [0.15, 0.2) is 11.8 Å². The number of carbonyl (C=O) groups excluding carboxylic acids is 1. The summed E-state index contributed by atoms with van der Waals surface area (Å²) in [6, 6.07) is 3.24. The van der Waals surface area contributed by atoms with Crippen LogP contribution in [0.2, 0.25) is 0 Å². The Labute approximate surface area is 193 Å².